The standard InChI is InChI=1S/C11H14ClN/c1-13(11-5-6-11)8-9-3-2-4-10(12)7-9/h2-4,7,11H,5-6,8H2,1H3. The van der Waals surface area contributed by atoms with Crippen molar-refractivity contribution >= 4 is 11.6 Å². The molecule has 1 aliphatic carbocycles. The van der Waals surface area contributed by atoms with E-state index in [1.54, 1.807) is 0 Å². The molecule has 0 saturated heterocycles. The van der Waals surface area contributed by atoms with Crippen LogP contribution in [0.3, 0.4) is 0 Å². The van der Waals surface area contributed by atoms with Gasteiger partial charge in [0.1, 0.15) is 0 Å². The summed E-state index contributed by atoms with van der Waals surface area (Å²) in [5.41, 5.74) is 1.31. The lowest BCUT2D eigenvalue weighted by atomic mass is 10.2. The number of halogens is 1. The van der Waals surface area contributed by atoms with Gasteiger partial charge in [0, 0.05) is 17.6 Å². The molecular weight excluding hydrogens is 182 g/mol. The van der Waals surface area contributed by atoms with E-state index in [1.807, 2.05) is 18.2 Å². The topological polar surface area (TPSA) is 3.24 Å². The van der Waals surface area contributed by atoms with E-state index in [9.17, 15) is 0 Å². The van der Waals surface area contributed by atoms with Crippen LogP contribution in [0, 0.1) is 0 Å². The van der Waals surface area contributed by atoms with Crippen LogP contribution >= 0.6 is 11.6 Å². The molecule has 2 heteroatoms. The highest BCUT2D eigenvalue weighted by atomic mass is 35.5. The summed E-state index contributed by atoms with van der Waals surface area (Å²) in [7, 11) is 2.18. The molecule has 0 heterocycles. The summed E-state index contributed by atoms with van der Waals surface area (Å²) in [4.78, 5) is 2.39. The van der Waals surface area contributed by atoms with Gasteiger partial charge in [0.2, 0.25) is 0 Å². The van der Waals surface area contributed by atoms with Crippen LogP contribution in [0.1, 0.15) is 18.4 Å². The predicted octanol–water partition coefficient (Wildman–Crippen LogP) is 2.93. The summed E-state index contributed by atoms with van der Waals surface area (Å²) >= 11 is 5.90. The Bertz CT molecular complexity index is 294. The number of hydrogen-bond acceptors (Lipinski definition) is 1. The Morgan fingerprint density at radius 1 is 1.46 bits per heavy atom. The molecule has 1 nitrogen and oxygen atoms in total. The Balaban J connectivity index is 2.00. The van der Waals surface area contributed by atoms with E-state index in [0.29, 0.717) is 0 Å². The van der Waals surface area contributed by atoms with Crippen LogP contribution < -0.4 is 0 Å². The second kappa shape index (κ2) is 3.69. The highest BCUT2D eigenvalue weighted by molar-refractivity contribution is 6.30. The minimum atomic E-state index is 0.819. The summed E-state index contributed by atoms with van der Waals surface area (Å²) in [6.45, 7) is 1.02. The Labute approximate surface area is 84.3 Å². The van der Waals surface area contributed by atoms with E-state index in [2.05, 4.69) is 18.0 Å². The zero-order valence-electron chi connectivity index (χ0n) is 7.83. The molecule has 1 saturated carbocycles. The molecule has 70 valence electrons. The minimum Gasteiger partial charge on any atom is -0.299 e. The van der Waals surface area contributed by atoms with Crippen molar-refractivity contribution < 1.29 is 0 Å². The van der Waals surface area contributed by atoms with Crippen molar-refractivity contribution in [1.82, 2.24) is 4.90 Å². The first kappa shape index (κ1) is 9.04. The normalized spacial score (nSPS) is 16.5. The van der Waals surface area contributed by atoms with E-state index in [0.717, 1.165) is 17.6 Å². The van der Waals surface area contributed by atoms with Crippen molar-refractivity contribution in [3.05, 3.63) is 34.9 Å². The fourth-order valence-corrected chi connectivity index (χ4v) is 1.78. The first-order valence-electron chi connectivity index (χ1n) is 4.70. The van der Waals surface area contributed by atoms with E-state index >= 15 is 0 Å². The monoisotopic (exact) mass is 195 g/mol. The summed E-state index contributed by atoms with van der Waals surface area (Å²) < 4.78 is 0. The molecule has 1 aromatic carbocycles. The molecule has 1 aromatic rings. The highest BCUT2D eigenvalue weighted by Gasteiger charge is 2.25. The molecule has 0 unspecified atom stereocenters. The van der Waals surface area contributed by atoms with Crippen LogP contribution in [0.25, 0.3) is 0 Å². The van der Waals surface area contributed by atoms with Crippen molar-refractivity contribution in [3.8, 4) is 0 Å². The van der Waals surface area contributed by atoms with E-state index in [1.165, 1.54) is 18.4 Å². The van der Waals surface area contributed by atoms with Crippen molar-refractivity contribution in [1.29, 1.82) is 0 Å². The third-order valence-electron chi connectivity index (χ3n) is 2.49. The van der Waals surface area contributed by atoms with Crippen LogP contribution in [-0.4, -0.2) is 18.0 Å². The van der Waals surface area contributed by atoms with Crippen LogP contribution in [0.4, 0.5) is 0 Å². The lowest BCUT2D eigenvalue weighted by Gasteiger charge is -2.15. The van der Waals surface area contributed by atoms with Gasteiger partial charge >= 0.3 is 0 Å². The molecule has 0 aromatic heterocycles. The largest absolute Gasteiger partial charge is 0.299 e. The Morgan fingerprint density at radius 2 is 2.23 bits per heavy atom. The summed E-state index contributed by atoms with van der Waals surface area (Å²) in [6, 6.07) is 8.92. The van der Waals surface area contributed by atoms with Crippen molar-refractivity contribution in [2.24, 2.45) is 0 Å². The second-order valence-corrected chi connectivity index (χ2v) is 4.21. The van der Waals surface area contributed by atoms with Gasteiger partial charge in [-0.05, 0) is 37.6 Å². The Morgan fingerprint density at radius 3 is 2.85 bits per heavy atom. The molecule has 2 rings (SSSR count). The second-order valence-electron chi connectivity index (χ2n) is 3.78. The SMILES string of the molecule is CN(Cc1cccc(Cl)c1)C1CC1. The molecule has 0 spiro atoms. The molecule has 13 heavy (non-hydrogen) atoms. The molecule has 0 atom stereocenters. The van der Waals surface area contributed by atoms with Crippen LogP contribution in [0.2, 0.25) is 5.02 Å². The average molecular weight is 196 g/mol. The van der Waals surface area contributed by atoms with Gasteiger partial charge in [-0.25, -0.2) is 0 Å². The summed E-state index contributed by atoms with van der Waals surface area (Å²) in [6.07, 6.45) is 2.72. The Kier molecular flexibility index (Phi) is 2.56. The van der Waals surface area contributed by atoms with E-state index in [-0.39, 0.29) is 0 Å². The lowest BCUT2D eigenvalue weighted by molar-refractivity contribution is 0.316. The van der Waals surface area contributed by atoms with Gasteiger partial charge in [-0.2, -0.15) is 0 Å². The van der Waals surface area contributed by atoms with Crippen molar-refractivity contribution in [3.63, 3.8) is 0 Å². The van der Waals surface area contributed by atoms with Gasteiger partial charge in [0.15, 0.2) is 0 Å². The fraction of sp³-hybridized carbons (Fsp3) is 0.455. The van der Waals surface area contributed by atoms with Gasteiger partial charge < -0.3 is 0 Å². The third kappa shape index (κ3) is 2.45. The van der Waals surface area contributed by atoms with Crippen LogP contribution in [0.15, 0.2) is 24.3 Å². The number of hydrogen-bond donors (Lipinski definition) is 0. The maximum atomic E-state index is 5.90. The molecule has 0 N–H and O–H groups in total. The first-order chi connectivity index (χ1) is 6.25. The highest BCUT2D eigenvalue weighted by Crippen LogP contribution is 2.26. The molecular formula is C11H14ClN. The molecule has 0 amide bonds. The predicted molar refractivity (Wildman–Crippen MR) is 55.9 cm³/mol. The average Bonchev–Trinajstić information content (AvgIpc) is 2.85. The van der Waals surface area contributed by atoms with Crippen LogP contribution in [0.5, 0.6) is 0 Å². The zero-order chi connectivity index (χ0) is 9.26. The molecule has 0 aliphatic heterocycles. The van der Waals surface area contributed by atoms with Gasteiger partial charge in [0.25, 0.3) is 0 Å². The molecule has 0 bridgehead atoms. The number of rotatable bonds is 3. The fourth-order valence-electron chi connectivity index (χ4n) is 1.57. The molecule has 1 aliphatic rings. The van der Waals surface area contributed by atoms with Gasteiger partial charge in [-0.1, -0.05) is 23.7 Å². The summed E-state index contributed by atoms with van der Waals surface area (Å²) in [5.74, 6) is 0. The molecule has 0 radical (unpaired) electrons. The molecule has 1 fully saturated rings. The van der Waals surface area contributed by atoms with Crippen molar-refractivity contribution in [2.75, 3.05) is 7.05 Å². The van der Waals surface area contributed by atoms with E-state index in [4.69, 9.17) is 11.6 Å². The van der Waals surface area contributed by atoms with Gasteiger partial charge in [-0.15, -0.1) is 0 Å². The minimum absolute atomic E-state index is 0.819. The van der Waals surface area contributed by atoms with Gasteiger partial charge in [0.05, 0.1) is 0 Å². The quantitative estimate of drug-likeness (QED) is 0.717. The summed E-state index contributed by atoms with van der Waals surface area (Å²) in [5, 5.41) is 0.835. The maximum absolute atomic E-state index is 5.90. The smallest absolute Gasteiger partial charge is 0.0409 e. The lowest BCUT2D eigenvalue weighted by Crippen LogP contribution is -2.19. The zero-order valence-corrected chi connectivity index (χ0v) is 8.59. The van der Waals surface area contributed by atoms with Crippen LogP contribution in [-0.2, 0) is 6.54 Å². The van der Waals surface area contributed by atoms with E-state index < -0.39 is 0 Å². The van der Waals surface area contributed by atoms with Gasteiger partial charge in [-0.3, -0.25) is 4.90 Å². The Hall–Kier alpha value is -0.530. The number of benzene rings is 1. The van der Waals surface area contributed by atoms with Crippen molar-refractivity contribution in [2.45, 2.75) is 25.4 Å². The number of nitrogens with zero attached hydrogens (tertiary/aromatic N) is 1. The third-order valence-corrected chi connectivity index (χ3v) is 2.73. The maximum Gasteiger partial charge on any atom is 0.0409 e. The first-order valence-corrected chi connectivity index (χ1v) is 5.08.